The average molecular weight is 372 g/mol. The Labute approximate surface area is 159 Å². The minimum atomic E-state index is -0.578. The smallest absolute Gasteiger partial charge is 0.306 e. The molecule has 0 radical (unpaired) electrons. The number of carbonyl (C=O) groups excluding carboxylic acids is 1. The van der Waals surface area contributed by atoms with Gasteiger partial charge in [0.15, 0.2) is 0 Å². The number of ether oxygens (including phenoxy) is 1. The second-order valence-corrected chi connectivity index (χ2v) is 7.46. The zero-order chi connectivity index (χ0) is 19.7. The lowest BCUT2D eigenvalue weighted by molar-refractivity contribution is -0.143. The van der Waals surface area contributed by atoms with Crippen LogP contribution in [-0.4, -0.2) is 12.6 Å². The number of hydrogen-bond donors (Lipinski definition) is 0. The molecular formula is C23H26F2O2. The quantitative estimate of drug-likeness (QED) is 0.588. The molecule has 2 aromatic carbocycles. The van der Waals surface area contributed by atoms with Crippen LogP contribution in [0.1, 0.15) is 59.9 Å². The Balaban J connectivity index is 2.02. The van der Waals surface area contributed by atoms with Gasteiger partial charge in [-0.2, -0.15) is 0 Å². The maximum Gasteiger partial charge on any atom is 0.306 e. The molecule has 1 fully saturated rings. The number of aryl methyl sites for hydroxylation is 3. The molecule has 4 heteroatoms. The molecule has 1 aliphatic carbocycles. The fourth-order valence-corrected chi connectivity index (χ4v) is 3.78. The molecule has 2 aromatic rings. The van der Waals surface area contributed by atoms with Crippen molar-refractivity contribution in [3.05, 3.63) is 57.7 Å². The van der Waals surface area contributed by atoms with E-state index in [-0.39, 0.29) is 25.0 Å². The summed E-state index contributed by atoms with van der Waals surface area (Å²) in [6, 6.07) is 5.82. The largest absolute Gasteiger partial charge is 0.466 e. The van der Waals surface area contributed by atoms with Gasteiger partial charge in [-0.1, -0.05) is 12.1 Å². The zero-order valence-corrected chi connectivity index (χ0v) is 16.4. The first-order chi connectivity index (χ1) is 12.8. The van der Waals surface area contributed by atoms with Crippen molar-refractivity contribution >= 4 is 5.97 Å². The van der Waals surface area contributed by atoms with Crippen molar-refractivity contribution < 1.29 is 18.3 Å². The van der Waals surface area contributed by atoms with Crippen LogP contribution in [-0.2, 0) is 16.0 Å². The summed E-state index contributed by atoms with van der Waals surface area (Å²) >= 11 is 0. The first kappa shape index (κ1) is 19.5. The molecule has 1 saturated carbocycles. The van der Waals surface area contributed by atoms with Crippen LogP contribution < -0.4 is 0 Å². The number of halogens is 2. The third-order valence-corrected chi connectivity index (χ3v) is 5.23. The monoisotopic (exact) mass is 372 g/mol. The molecule has 0 N–H and O–H groups in total. The van der Waals surface area contributed by atoms with Crippen LogP contribution in [0.15, 0.2) is 18.2 Å². The first-order valence-corrected chi connectivity index (χ1v) is 9.58. The number of esters is 1. The van der Waals surface area contributed by atoms with E-state index in [0.29, 0.717) is 17.0 Å². The summed E-state index contributed by atoms with van der Waals surface area (Å²) in [6.07, 6.45) is 2.37. The molecule has 0 atom stereocenters. The van der Waals surface area contributed by atoms with Crippen LogP contribution in [0.2, 0.25) is 0 Å². The molecule has 0 unspecified atom stereocenters. The summed E-state index contributed by atoms with van der Waals surface area (Å²) < 4.78 is 34.7. The van der Waals surface area contributed by atoms with Crippen LogP contribution >= 0.6 is 0 Å². The average Bonchev–Trinajstić information content (AvgIpc) is 3.44. The van der Waals surface area contributed by atoms with E-state index in [1.54, 1.807) is 19.9 Å². The van der Waals surface area contributed by atoms with E-state index in [9.17, 15) is 9.18 Å². The van der Waals surface area contributed by atoms with Gasteiger partial charge in [-0.15, -0.1) is 0 Å². The third-order valence-electron chi connectivity index (χ3n) is 5.23. The molecule has 0 heterocycles. The normalized spacial score (nSPS) is 13.7. The highest BCUT2D eigenvalue weighted by atomic mass is 19.1. The first-order valence-electron chi connectivity index (χ1n) is 9.58. The molecule has 0 spiro atoms. The van der Waals surface area contributed by atoms with E-state index in [1.807, 2.05) is 13.8 Å². The molecule has 1 aliphatic rings. The number of benzene rings is 2. The predicted molar refractivity (Wildman–Crippen MR) is 103 cm³/mol. The van der Waals surface area contributed by atoms with Gasteiger partial charge >= 0.3 is 5.97 Å². The van der Waals surface area contributed by atoms with Crippen molar-refractivity contribution in [1.82, 2.24) is 0 Å². The lowest BCUT2D eigenvalue weighted by Crippen LogP contribution is -2.09. The van der Waals surface area contributed by atoms with Crippen molar-refractivity contribution in [2.45, 2.75) is 59.3 Å². The van der Waals surface area contributed by atoms with Gasteiger partial charge in [-0.3, -0.25) is 4.79 Å². The van der Waals surface area contributed by atoms with Crippen molar-refractivity contribution in [2.75, 3.05) is 6.61 Å². The van der Waals surface area contributed by atoms with Gasteiger partial charge in [0.1, 0.15) is 11.6 Å². The maximum atomic E-state index is 15.3. The molecule has 0 aromatic heterocycles. The molecule has 0 saturated heterocycles. The Kier molecular flexibility index (Phi) is 5.64. The summed E-state index contributed by atoms with van der Waals surface area (Å²) in [5.74, 6) is -0.977. The number of carbonyl (C=O) groups is 1. The topological polar surface area (TPSA) is 26.3 Å². The number of rotatable bonds is 6. The van der Waals surface area contributed by atoms with Crippen LogP contribution in [0.4, 0.5) is 8.78 Å². The Morgan fingerprint density at radius 2 is 1.67 bits per heavy atom. The van der Waals surface area contributed by atoms with Crippen LogP contribution in [0, 0.1) is 32.4 Å². The molecule has 144 valence electrons. The van der Waals surface area contributed by atoms with Gasteiger partial charge in [0.25, 0.3) is 0 Å². The van der Waals surface area contributed by atoms with E-state index >= 15 is 4.39 Å². The Bertz CT molecular complexity index is 859. The van der Waals surface area contributed by atoms with Crippen molar-refractivity contribution in [1.29, 1.82) is 0 Å². The Morgan fingerprint density at radius 1 is 1.04 bits per heavy atom. The van der Waals surface area contributed by atoms with Crippen LogP contribution in [0.5, 0.6) is 0 Å². The Morgan fingerprint density at radius 3 is 2.22 bits per heavy atom. The van der Waals surface area contributed by atoms with Gasteiger partial charge in [-0.25, -0.2) is 8.78 Å². The fraction of sp³-hybridized carbons (Fsp3) is 0.435. The van der Waals surface area contributed by atoms with E-state index in [2.05, 4.69) is 12.1 Å². The summed E-state index contributed by atoms with van der Waals surface area (Å²) in [7, 11) is 0. The molecule has 0 aliphatic heterocycles. The maximum absolute atomic E-state index is 15.3. The van der Waals surface area contributed by atoms with E-state index in [1.165, 1.54) is 18.4 Å². The van der Waals surface area contributed by atoms with Gasteiger partial charge in [-0.05, 0) is 86.8 Å². The van der Waals surface area contributed by atoms with Gasteiger partial charge < -0.3 is 4.74 Å². The summed E-state index contributed by atoms with van der Waals surface area (Å²) in [5.41, 5.74) is 4.87. The van der Waals surface area contributed by atoms with Crippen molar-refractivity contribution in [2.24, 2.45) is 0 Å². The lowest BCUT2D eigenvalue weighted by Gasteiger charge is -2.17. The van der Waals surface area contributed by atoms with Crippen LogP contribution in [0.3, 0.4) is 0 Å². The zero-order valence-electron chi connectivity index (χ0n) is 16.4. The van der Waals surface area contributed by atoms with Crippen LogP contribution in [0.25, 0.3) is 11.1 Å². The van der Waals surface area contributed by atoms with Crippen molar-refractivity contribution in [3.8, 4) is 11.1 Å². The highest BCUT2D eigenvalue weighted by Crippen LogP contribution is 2.43. The highest BCUT2D eigenvalue weighted by molar-refractivity contribution is 5.74. The molecule has 3 rings (SSSR count). The second-order valence-electron chi connectivity index (χ2n) is 7.46. The molecule has 2 nitrogen and oxygen atoms in total. The van der Waals surface area contributed by atoms with E-state index in [4.69, 9.17) is 4.74 Å². The lowest BCUT2D eigenvalue weighted by atomic mass is 9.89. The van der Waals surface area contributed by atoms with Gasteiger partial charge in [0, 0.05) is 17.5 Å². The Hall–Kier alpha value is -2.23. The minimum Gasteiger partial charge on any atom is -0.466 e. The molecular weight excluding hydrogens is 346 g/mol. The summed E-state index contributed by atoms with van der Waals surface area (Å²) in [6.45, 7) is 7.56. The molecule has 0 amide bonds. The predicted octanol–water partition coefficient (Wildman–Crippen LogP) is 5.93. The number of hydrogen-bond acceptors (Lipinski definition) is 2. The standard InChI is InChI=1S/C23H26F2O2/c1-5-27-20(26)9-8-18-22(24)15(4)12-19(23(18)25)21-13(2)10-17(11-14(21)3)16-6-7-16/h10-12,16H,5-9H2,1-4H3. The SMILES string of the molecule is CCOC(=O)CCc1c(F)c(C)cc(-c2c(C)cc(C3CC3)cc2C)c1F. The minimum absolute atomic E-state index is 0.0105. The van der Waals surface area contributed by atoms with Crippen molar-refractivity contribution in [3.63, 3.8) is 0 Å². The summed E-state index contributed by atoms with van der Waals surface area (Å²) in [5, 5.41) is 0. The highest BCUT2D eigenvalue weighted by Gasteiger charge is 2.26. The van der Waals surface area contributed by atoms with E-state index in [0.717, 1.165) is 16.7 Å². The van der Waals surface area contributed by atoms with Gasteiger partial charge in [0.2, 0.25) is 0 Å². The van der Waals surface area contributed by atoms with Gasteiger partial charge in [0.05, 0.1) is 6.61 Å². The van der Waals surface area contributed by atoms with E-state index < -0.39 is 17.6 Å². The second kappa shape index (κ2) is 7.79. The molecule has 27 heavy (non-hydrogen) atoms. The summed E-state index contributed by atoms with van der Waals surface area (Å²) in [4.78, 5) is 11.6. The molecule has 0 bridgehead atoms. The third kappa shape index (κ3) is 4.05. The fourth-order valence-electron chi connectivity index (χ4n) is 3.78.